The highest BCUT2D eigenvalue weighted by molar-refractivity contribution is 9.08. The molecule has 1 aromatic heterocycles. The SMILES string of the molecule is CBr.Cc1cc(SCC(=O)c2ccc3c(ccc4ccccc43)c2)cc(C)[o+]1. The monoisotopic (exact) mass is 453 g/mol. The van der Waals surface area contributed by atoms with E-state index in [2.05, 4.69) is 46.3 Å². The molecule has 3 aromatic carbocycles. The highest BCUT2D eigenvalue weighted by Crippen LogP contribution is 2.27. The Morgan fingerprint density at radius 1 is 0.857 bits per heavy atom. The molecule has 4 heteroatoms. The molecule has 4 rings (SSSR count). The number of thioether (sulfide) groups is 1. The summed E-state index contributed by atoms with van der Waals surface area (Å²) < 4.78 is 5.49. The summed E-state index contributed by atoms with van der Waals surface area (Å²) in [5.74, 6) is 4.09. The van der Waals surface area contributed by atoms with Gasteiger partial charge in [0.25, 0.3) is 0 Å². The zero-order valence-corrected chi connectivity index (χ0v) is 18.6. The van der Waals surface area contributed by atoms with E-state index in [1.807, 2.05) is 56.1 Å². The van der Waals surface area contributed by atoms with Crippen molar-refractivity contribution in [2.24, 2.45) is 0 Å². The number of aryl methyl sites for hydroxylation is 2. The molecule has 0 unspecified atom stereocenters. The van der Waals surface area contributed by atoms with Gasteiger partial charge in [-0.1, -0.05) is 64.5 Å². The maximum Gasteiger partial charge on any atom is 0.327 e. The van der Waals surface area contributed by atoms with Crippen molar-refractivity contribution in [2.45, 2.75) is 18.7 Å². The average molecular weight is 454 g/mol. The lowest BCUT2D eigenvalue weighted by Gasteiger charge is -2.06. The van der Waals surface area contributed by atoms with E-state index in [4.69, 9.17) is 4.42 Å². The first-order valence-corrected chi connectivity index (χ1v) is 11.5. The quantitative estimate of drug-likeness (QED) is 0.105. The number of halogens is 1. The van der Waals surface area contributed by atoms with Crippen LogP contribution >= 0.6 is 27.7 Å². The topological polar surface area (TPSA) is 28.4 Å². The van der Waals surface area contributed by atoms with Crippen LogP contribution in [0.1, 0.15) is 21.9 Å². The minimum atomic E-state index is 0.140. The predicted molar refractivity (Wildman–Crippen MR) is 124 cm³/mol. The van der Waals surface area contributed by atoms with Gasteiger partial charge in [0.05, 0.1) is 31.7 Å². The lowest BCUT2D eigenvalue weighted by molar-refractivity contribution is 0.102. The van der Waals surface area contributed by atoms with E-state index in [-0.39, 0.29) is 5.78 Å². The Bertz CT molecular complexity index is 1120. The molecule has 0 amide bonds. The number of rotatable bonds is 4. The second kappa shape index (κ2) is 9.35. The van der Waals surface area contributed by atoms with Gasteiger partial charge < -0.3 is 0 Å². The molecule has 2 nitrogen and oxygen atoms in total. The summed E-state index contributed by atoms with van der Waals surface area (Å²) in [6, 6.07) is 22.5. The fraction of sp³-hybridized carbons (Fsp3) is 0.167. The molecule has 4 aromatic rings. The Morgan fingerprint density at radius 3 is 2.25 bits per heavy atom. The van der Waals surface area contributed by atoms with Gasteiger partial charge >= 0.3 is 11.5 Å². The Balaban J connectivity index is 0.00000109. The number of alkyl halides is 1. The van der Waals surface area contributed by atoms with Gasteiger partial charge in [0.1, 0.15) is 0 Å². The molecule has 28 heavy (non-hydrogen) atoms. The smallest absolute Gasteiger partial charge is 0.293 e. The van der Waals surface area contributed by atoms with Crippen molar-refractivity contribution in [2.75, 3.05) is 11.6 Å². The fourth-order valence-corrected chi connectivity index (χ4v) is 4.22. The number of ketones is 1. The van der Waals surface area contributed by atoms with Crippen LogP contribution in [0.4, 0.5) is 0 Å². The predicted octanol–water partition coefficient (Wildman–Crippen LogP) is 7.47. The summed E-state index contributed by atoms with van der Waals surface area (Å²) >= 11 is 4.49. The first-order chi connectivity index (χ1) is 13.6. The van der Waals surface area contributed by atoms with Crippen LogP contribution in [0.3, 0.4) is 0 Å². The normalized spacial score (nSPS) is 10.6. The van der Waals surface area contributed by atoms with Crippen LogP contribution in [0.2, 0.25) is 0 Å². The summed E-state index contributed by atoms with van der Waals surface area (Å²) in [6.07, 6.45) is 0. The molecule has 142 valence electrons. The molecule has 0 spiro atoms. The molecule has 1 heterocycles. The number of hydrogen-bond acceptors (Lipinski definition) is 2. The minimum absolute atomic E-state index is 0.140. The van der Waals surface area contributed by atoms with E-state index in [1.165, 1.54) is 16.2 Å². The van der Waals surface area contributed by atoms with Crippen molar-refractivity contribution in [3.05, 3.63) is 83.8 Å². The summed E-state index contributed by atoms with van der Waals surface area (Å²) in [5, 5.41) is 4.72. The zero-order chi connectivity index (χ0) is 20.1. The van der Waals surface area contributed by atoms with E-state index in [1.54, 1.807) is 11.8 Å². The van der Waals surface area contributed by atoms with E-state index in [0.29, 0.717) is 5.75 Å². The molecule has 0 fully saturated rings. The maximum atomic E-state index is 12.7. The Labute approximate surface area is 178 Å². The van der Waals surface area contributed by atoms with Crippen molar-refractivity contribution in [3.63, 3.8) is 0 Å². The van der Waals surface area contributed by atoms with E-state index < -0.39 is 0 Å². The zero-order valence-electron chi connectivity index (χ0n) is 16.2. The van der Waals surface area contributed by atoms with Crippen LogP contribution < -0.4 is 0 Å². The number of carbonyl (C=O) groups excluding carboxylic acids is 1. The van der Waals surface area contributed by atoms with Crippen LogP contribution in [-0.4, -0.2) is 17.4 Å². The third kappa shape index (κ3) is 4.62. The highest BCUT2D eigenvalue weighted by Gasteiger charge is 2.12. The molecule has 0 atom stereocenters. The summed E-state index contributed by atoms with van der Waals surface area (Å²) in [4.78, 5) is 13.7. The molecular weight excluding hydrogens is 432 g/mol. The average Bonchev–Trinajstić information content (AvgIpc) is 2.72. The first kappa shape index (κ1) is 20.6. The van der Waals surface area contributed by atoms with Crippen LogP contribution in [0.15, 0.2) is 76.0 Å². The highest BCUT2D eigenvalue weighted by atomic mass is 79.9. The number of Topliss-reactive ketones (excluding diaryl/α,β-unsaturated/α-hetero) is 1. The molecule has 0 aliphatic rings. The number of fused-ring (bicyclic) bond motifs is 3. The minimum Gasteiger partial charge on any atom is -0.293 e. The number of carbonyl (C=O) groups is 1. The van der Waals surface area contributed by atoms with Crippen molar-refractivity contribution < 1.29 is 9.21 Å². The van der Waals surface area contributed by atoms with Crippen LogP contribution in [-0.2, 0) is 0 Å². The van der Waals surface area contributed by atoms with Gasteiger partial charge in [-0.25, -0.2) is 4.42 Å². The molecule has 0 radical (unpaired) electrons. The summed E-state index contributed by atoms with van der Waals surface area (Å²) in [6.45, 7) is 3.85. The van der Waals surface area contributed by atoms with E-state index >= 15 is 0 Å². The third-order valence-electron chi connectivity index (χ3n) is 4.45. The van der Waals surface area contributed by atoms with E-state index in [0.717, 1.165) is 27.4 Å². The van der Waals surface area contributed by atoms with Gasteiger partial charge in [0.15, 0.2) is 5.78 Å². The first-order valence-electron chi connectivity index (χ1n) is 8.97. The molecule has 0 N–H and O–H groups in total. The Hall–Kier alpha value is -2.17. The lowest BCUT2D eigenvalue weighted by Crippen LogP contribution is -2.02. The number of benzene rings is 3. The van der Waals surface area contributed by atoms with Gasteiger partial charge in [0, 0.05) is 10.5 Å². The van der Waals surface area contributed by atoms with Crippen molar-refractivity contribution >= 4 is 55.0 Å². The van der Waals surface area contributed by atoms with Crippen LogP contribution in [0.25, 0.3) is 21.5 Å². The molecule has 0 aliphatic carbocycles. The maximum absolute atomic E-state index is 12.7. The molecule has 0 saturated heterocycles. The van der Waals surface area contributed by atoms with Gasteiger partial charge in [-0.3, -0.25) is 4.79 Å². The summed E-state index contributed by atoms with van der Waals surface area (Å²) in [5.41, 5.74) is 0.759. The van der Waals surface area contributed by atoms with Gasteiger partial charge in [-0.05, 0) is 33.4 Å². The molecular formula is C24H22BrO2S+. The number of hydrogen-bond donors (Lipinski definition) is 0. The lowest BCUT2D eigenvalue weighted by atomic mass is 9.99. The third-order valence-corrected chi connectivity index (χ3v) is 5.43. The molecule has 0 saturated carbocycles. The van der Waals surface area contributed by atoms with Crippen molar-refractivity contribution in [1.82, 2.24) is 0 Å². The van der Waals surface area contributed by atoms with Gasteiger partial charge in [-0.2, -0.15) is 0 Å². The van der Waals surface area contributed by atoms with Crippen LogP contribution in [0.5, 0.6) is 0 Å². The summed E-state index contributed by atoms with van der Waals surface area (Å²) in [7, 11) is 0. The standard InChI is InChI=1S/C23H19O2S.CH3Br/c1-15-11-20(12-16(2)25-15)26-14-23(24)19-9-10-22-18(13-19)8-7-17-5-3-4-6-21(17)22;1-2/h3-13H,14H2,1-2H3;1H3/q+1;. The Morgan fingerprint density at radius 2 is 1.50 bits per heavy atom. The van der Waals surface area contributed by atoms with E-state index in [9.17, 15) is 4.79 Å². The van der Waals surface area contributed by atoms with Crippen molar-refractivity contribution in [3.8, 4) is 0 Å². The van der Waals surface area contributed by atoms with Crippen molar-refractivity contribution in [1.29, 1.82) is 0 Å². The second-order valence-corrected chi connectivity index (χ2v) is 7.50. The second-order valence-electron chi connectivity index (χ2n) is 6.45. The molecule has 0 aliphatic heterocycles. The Kier molecular flexibility index (Phi) is 6.87. The van der Waals surface area contributed by atoms with Gasteiger partial charge in [-0.15, -0.1) is 11.8 Å². The largest absolute Gasteiger partial charge is 0.327 e. The fourth-order valence-electron chi connectivity index (χ4n) is 3.26. The van der Waals surface area contributed by atoms with Crippen LogP contribution in [0, 0.1) is 13.8 Å². The van der Waals surface area contributed by atoms with Gasteiger partial charge in [0.2, 0.25) is 0 Å². The molecule has 0 bridgehead atoms.